The number of nitrogens with one attached hydrogen (secondary N) is 2. The number of amides is 1. The second-order valence-electron chi connectivity index (χ2n) is 5.92. The molecule has 1 saturated heterocycles. The third kappa shape index (κ3) is 3.77. The Hall–Kier alpha value is -2.07. The van der Waals surface area contributed by atoms with Crippen molar-refractivity contribution in [3.63, 3.8) is 0 Å². The number of benzene rings is 1. The lowest BCUT2D eigenvalue weighted by Gasteiger charge is -2.35. The molecule has 1 amide bonds. The molecule has 4 nitrogen and oxygen atoms in total. The number of carbonyl (C=O) groups is 1. The van der Waals surface area contributed by atoms with Gasteiger partial charge in [-0.15, -0.1) is 0 Å². The van der Waals surface area contributed by atoms with Gasteiger partial charge in [0.25, 0.3) is 5.91 Å². The van der Waals surface area contributed by atoms with E-state index in [2.05, 4.69) is 21.3 Å². The second kappa shape index (κ2) is 7.27. The predicted molar refractivity (Wildman–Crippen MR) is 87.6 cm³/mol. The van der Waals surface area contributed by atoms with E-state index in [1.54, 1.807) is 0 Å². The van der Waals surface area contributed by atoms with Gasteiger partial charge in [-0.1, -0.05) is 24.6 Å². The minimum atomic E-state index is 0.0211. The first kappa shape index (κ1) is 14.9. The first-order valence-corrected chi connectivity index (χ1v) is 8.02. The van der Waals surface area contributed by atoms with Crippen LogP contribution >= 0.6 is 0 Å². The summed E-state index contributed by atoms with van der Waals surface area (Å²) in [6, 6.07) is 12.0. The Bertz CT molecular complexity index is 580. The van der Waals surface area contributed by atoms with Crippen LogP contribution in [0, 0.1) is 0 Å². The maximum atomic E-state index is 12.2. The molecule has 0 bridgehead atoms. The molecule has 2 heterocycles. The summed E-state index contributed by atoms with van der Waals surface area (Å²) in [5, 5.41) is 3.09. The summed E-state index contributed by atoms with van der Waals surface area (Å²) < 4.78 is 0. The second-order valence-corrected chi connectivity index (χ2v) is 5.92. The zero-order valence-electron chi connectivity index (χ0n) is 12.8. The summed E-state index contributed by atoms with van der Waals surface area (Å²) in [6.45, 7) is 2.78. The molecule has 0 radical (unpaired) electrons. The van der Waals surface area contributed by atoms with E-state index in [1.807, 2.05) is 42.7 Å². The first-order chi connectivity index (χ1) is 10.8. The highest BCUT2D eigenvalue weighted by Gasteiger charge is 2.23. The average Bonchev–Trinajstić information content (AvgIpc) is 3.07. The fraction of sp³-hybridized carbons (Fsp3) is 0.389. The van der Waals surface area contributed by atoms with Gasteiger partial charge < -0.3 is 10.3 Å². The lowest BCUT2D eigenvalue weighted by Crippen LogP contribution is -2.46. The van der Waals surface area contributed by atoms with E-state index in [0.717, 1.165) is 31.6 Å². The van der Waals surface area contributed by atoms with E-state index in [4.69, 9.17) is 0 Å². The molecule has 0 spiro atoms. The van der Waals surface area contributed by atoms with Gasteiger partial charge in [0, 0.05) is 37.1 Å². The van der Waals surface area contributed by atoms with Crippen LogP contribution in [0.25, 0.3) is 0 Å². The number of nitrogens with zero attached hydrogens (tertiary/aromatic N) is 1. The number of aromatic nitrogens is 1. The van der Waals surface area contributed by atoms with Crippen molar-refractivity contribution in [2.24, 2.45) is 0 Å². The number of piperidine rings is 1. The molecule has 0 aliphatic carbocycles. The molecule has 1 aliphatic rings. The van der Waals surface area contributed by atoms with Crippen molar-refractivity contribution in [2.75, 3.05) is 13.1 Å². The molecule has 1 aromatic heterocycles. The van der Waals surface area contributed by atoms with E-state index in [1.165, 1.54) is 18.4 Å². The molecule has 1 aliphatic heterocycles. The van der Waals surface area contributed by atoms with E-state index in [0.29, 0.717) is 6.04 Å². The lowest BCUT2D eigenvalue weighted by molar-refractivity contribution is 0.0907. The largest absolute Gasteiger partial charge is 0.367 e. The van der Waals surface area contributed by atoms with Gasteiger partial charge in [0.1, 0.15) is 0 Å². The van der Waals surface area contributed by atoms with Crippen molar-refractivity contribution in [3.05, 3.63) is 59.9 Å². The summed E-state index contributed by atoms with van der Waals surface area (Å²) in [6.07, 6.45) is 7.65. The van der Waals surface area contributed by atoms with Gasteiger partial charge in [-0.05, 0) is 43.1 Å². The SMILES string of the molecule is O=C(NCC1CCCCN1Cc1cc[nH]c1)c1ccccc1. The number of H-pyrrole nitrogens is 1. The Labute approximate surface area is 131 Å². The Morgan fingerprint density at radius 1 is 1.23 bits per heavy atom. The summed E-state index contributed by atoms with van der Waals surface area (Å²) >= 11 is 0. The Kier molecular flexibility index (Phi) is 4.91. The monoisotopic (exact) mass is 297 g/mol. The Morgan fingerprint density at radius 2 is 2.09 bits per heavy atom. The van der Waals surface area contributed by atoms with Gasteiger partial charge in [-0.25, -0.2) is 0 Å². The molecular weight excluding hydrogens is 274 g/mol. The molecule has 4 heteroatoms. The molecule has 1 aromatic carbocycles. The van der Waals surface area contributed by atoms with Gasteiger partial charge in [0.15, 0.2) is 0 Å². The predicted octanol–water partition coefficient (Wildman–Crippen LogP) is 2.80. The van der Waals surface area contributed by atoms with E-state index in [9.17, 15) is 4.79 Å². The van der Waals surface area contributed by atoms with Crippen LogP contribution in [0.5, 0.6) is 0 Å². The van der Waals surface area contributed by atoms with Gasteiger partial charge in [-0.2, -0.15) is 0 Å². The minimum absolute atomic E-state index is 0.0211. The molecule has 2 aromatic rings. The molecule has 0 saturated carbocycles. The van der Waals surface area contributed by atoms with Gasteiger partial charge >= 0.3 is 0 Å². The van der Waals surface area contributed by atoms with Crippen molar-refractivity contribution in [1.82, 2.24) is 15.2 Å². The number of hydrogen-bond donors (Lipinski definition) is 2. The zero-order chi connectivity index (χ0) is 15.2. The number of likely N-dealkylation sites (tertiary alicyclic amines) is 1. The van der Waals surface area contributed by atoms with Gasteiger partial charge in [0.05, 0.1) is 0 Å². The highest BCUT2D eigenvalue weighted by molar-refractivity contribution is 5.94. The van der Waals surface area contributed by atoms with Crippen LogP contribution in [-0.2, 0) is 6.54 Å². The smallest absolute Gasteiger partial charge is 0.251 e. The Morgan fingerprint density at radius 3 is 2.86 bits per heavy atom. The van der Waals surface area contributed by atoms with Crippen LogP contribution in [0.4, 0.5) is 0 Å². The Balaban J connectivity index is 1.56. The van der Waals surface area contributed by atoms with Crippen LogP contribution in [0.2, 0.25) is 0 Å². The third-order valence-electron chi connectivity index (χ3n) is 4.33. The highest BCUT2D eigenvalue weighted by atomic mass is 16.1. The summed E-state index contributed by atoms with van der Waals surface area (Å²) in [5.41, 5.74) is 2.04. The number of aromatic amines is 1. The van der Waals surface area contributed by atoms with Crippen molar-refractivity contribution in [2.45, 2.75) is 31.8 Å². The lowest BCUT2D eigenvalue weighted by atomic mass is 10.0. The van der Waals surface area contributed by atoms with Crippen LogP contribution in [0.3, 0.4) is 0 Å². The molecule has 116 valence electrons. The van der Waals surface area contributed by atoms with E-state index in [-0.39, 0.29) is 5.91 Å². The van der Waals surface area contributed by atoms with Gasteiger partial charge in [0.2, 0.25) is 0 Å². The molecule has 1 unspecified atom stereocenters. The number of hydrogen-bond acceptors (Lipinski definition) is 2. The number of rotatable bonds is 5. The number of carbonyl (C=O) groups excluding carboxylic acids is 1. The van der Waals surface area contributed by atoms with E-state index >= 15 is 0 Å². The van der Waals surface area contributed by atoms with Crippen LogP contribution < -0.4 is 5.32 Å². The zero-order valence-corrected chi connectivity index (χ0v) is 12.8. The standard InChI is InChI=1S/C18H23N3O/c22-18(16-6-2-1-3-7-16)20-13-17-8-4-5-11-21(17)14-15-9-10-19-12-15/h1-3,6-7,9-10,12,17,19H,4-5,8,11,13-14H2,(H,20,22). The quantitative estimate of drug-likeness (QED) is 0.891. The maximum absolute atomic E-state index is 12.2. The third-order valence-corrected chi connectivity index (χ3v) is 4.33. The highest BCUT2D eigenvalue weighted by Crippen LogP contribution is 2.19. The average molecular weight is 297 g/mol. The fourth-order valence-electron chi connectivity index (χ4n) is 3.09. The van der Waals surface area contributed by atoms with Crippen molar-refractivity contribution < 1.29 is 4.79 Å². The van der Waals surface area contributed by atoms with E-state index < -0.39 is 0 Å². The molecule has 1 fully saturated rings. The molecule has 1 atom stereocenters. The topological polar surface area (TPSA) is 48.1 Å². The first-order valence-electron chi connectivity index (χ1n) is 8.02. The van der Waals surface area contributed by atoms with Gasteiger partial charge in [-0.3, -0.25) is 9.69 Å². The van der Waals surface area contributed by atoms with Crippen LogP contribution in [0.1, 0.15) is 35.2 Å². The van der Waals surface area contributed by atoms with Crippen LogP contribution in [-0.4, -0.2) is 34.9 Å². The van der Waals surface area contributed by atoms with Crippen LogP contribution in [0.15, 0.2) is 48.8 Å². The molecule has 3 rings (SSSR count). The van der Waals surface area contributed by atoms with Crippen molar-refractivity contribution in [1.29, 1.82) is 0 Å². The molecular formula is C18H23N3O. The summed E-state index contributed by atoms with van der Waals surface area (Å²) in [5.74, 6) is 0.0211. The van der Waals surface area contributed by atoms with Crippen molar-refractivity contribution in [3.8, 4) is 0 Å². The van der Waals surface area contributed by atoms with Crippen molar-refractivity contribution >= 4 is 5.91 Å². The summed E-state index contributed by atoms with van der Waals surface area (Å²) in [4.78, 5) is 17.8. The maximum Gasteiger partial charge on any atom is 0.251 e. The molecule has 2 N–H and O–H groups in total. The fourth-order valence-corrected chi connectivity index (χ4v) is 3.09. The molecule has 22 heavy (non-hydrogen) atoms. The summed E-state index contributed by atoms with van der Waals surface area (Å²) in [7, 11) is 0. The normalized spacial score (nSPS) is 19.0. The minimum Gasteiger partial charge on any atom is -0.367 e.